The fourth-order valence-electron chi connectivity index (χ4n) is 2.29. The highest BCUT2D eigenvalue weighted by Gasteiger charge is 2.36. The van der Waals surface area contributed by atoms with Crippen LogP contribution in [0.2, 0.25) is 0 Å². The van der Waals surface area contributed by atoms with E-state index in [0.717, 1.165) is 25.7 Å². The number of hydrogen-bond donors (Lipinski definition) is 0. The Hall–Kier alpha value is -1.06. The first-order valence-corrected chi connectivity index (χ1v) is 5.27. The van der Waals surface area contributed by atoms with Gasteiger partial charge in [-0.25, -0.2) is 4.79 Å². The van der Waals surface area contributed by atoms with Crippen LogP contribution in [0, 0.1) is 0 Å². The number of imide groups is 1. The smallest absolute Gasteiger partial charge is 0.326 e. The highest BCUT2D eigenvalue weighted by molar-refractivity contribution is 5.97. The van der Waals surface area contributed by atoms with Gasteiger partial charge in [0.1, 0.15) is 0 Å². The summed E-state index contributed by atoms with van der Waals surface area (Å²) in [5.41, 5.74) is 0. The highest BCUT2D eigenvalue weighted by Crippen LogP contribution is 2.26. The van der Waals surface area contributed by atoms with Crippen LogP contribution < -0.4 is 0 Å². The molecule has 0 aromatic rings. The third kappa shape index (κ3) is 1.49. The van der Waals surface area contributed by atoms with Gasteiger partial charge in [-0.2, -0.15) is 0 Å². The van der Waals surface area contributed by atoms with E-state index in [-0.39, 0.29) is 18.0 Å². The van der Waals surface area contributed by atoms with Crippen molar-refractivity contribution in [3.8, 4) is 0 Å². The molecule has 1 saturated carbocycles. The summed E-state index contributed by atoms with van der Waals surface area (Å²) < 4.78 is 0. The van der Waals surface area contributed by atoms with Crippen LogP contribution in [0.1, 0.15) is 32.1 Å². The van der Waals surface area contributed by atoms with Crippen LogP contribution in [0.4, 0.5) is 4.79 Å². The van der Waals surface area contributed by atoms with Crippen molar-refractivity contribution < 1.29 is 9.59 Å². The van der Waals surface area contributed by atoms with Gasteiger partial charge in [-0.3, -0.25) is 9.69 Å². The molecule has 0 aromatic heterocycles. The summed E-state index contributed by atoms with van der Waals surface area (Å²) in [6, 6.07) is 0.0749. The van der Waals surface area contributed by atoms with Crippen LogP contribution in [0.5, 0.6) is 0 Å². The lowest BCUT2D eigenvalue weighted by Crippen LogP contribution is -2.54. The quantitative estimate of drug-likeness (QED) is 0.632. The molecule has 0 N–H and O–H groups in total. The molecule has 4 heteroatoms. The Kier molecular flexibility index (Phi) is 2.44. The standard InChI is InChI=1S/C10H16N2O2/c1-11-7-6-9(13)12(10(11)14)8-4-2-3-5-8/h8H,2-7H2,1H3. The fraction of sp³-hybridized carbons (Fsp3) is 0.800. The molecule has 0 spiro atoms. The van der Waals surface area contributed by atoms with Crippen LogP contribution in [0.3, 0.4) is 0 Å². The molecule has 0 aromatic carbocycles. The summed E-state index contributed by atoms with van der Waals surface area (Å²) in [5.74, 6) is 0.0139. The molecule has 1 aliphatic carbocycles. The van der Waals surface area contributed by atoms with Gasteiger partial charge in [0, 0.05) is 26.1 Å². The van der Waals surface area contributed by atoms with Gasteiger partial charge >= 0.3 is 6.03 Å². The zero-order valence-electron chi connectivity index (χ0n) is 8.53. The van der Waals surface area contributed by atoms with Gasteiger partial charge in [-0.1, -0.05) is 12.8 Å². The number of urea groups is 1. The Labute approximate surface area is 83.9 Å². The van der Waals surface area contributed by atoms with E-state index in [1.54, 1.807) is 11.9 Å². The van der Waals surface area contributed by atoms with E-state index in [0.29, 0.717) is 13.0 Å². The second kappa shape index (κ2) is 3.59. The predicted molar refractivity (Wildman–Crippen MR) is 51.7 cm³/mol. The average Bonchev–Trinajstić information content (AvgIpc) is 2.65. The monoisotopic (exact) mass is 196 g/mol. The number of amides is 3. The first kappa shape index (κ1) is 9.49. The number of carbonyl (C=O) groups is 2. The van der Waals surface area contributed by atoms with Crippen LogP contribution in [-0.2, 0) is 4.79 Å². The van der Waals surface area contributed by atoms with E-state index in [1.165, 1.54) is 4.90 Å². The van der Waals surface area contributed by atoms with Crippen molar-refractivity contribution in [1.29, 1.82) is 0 Å². The second-order valence-corrected chi connectivity index (χ2v) is 4.16. The predicted octanol–water partition coefficient (Wildman–Crippen LogP) is 1.21. The highest BCUT2D eigenvalue weighted by atomic mass is 16.2. The molecular formula is C10H16N2O2. The minimum Gasteiger partial charge on any atom is -0.327 e. The van der Waals surface area contributed by atoms with Crippen molar-refractivity contribution in [2.24, 2.45) is 0 Å². The van der Waals surface area contributed by atoms with Crippen molar-refractivity contribution >= 4 is 11.9 Å². The molecule has 14 heavy (non-hydrogen) atoms. The zero-order chi connectivity index (χ0) is 10.1. The third-order valence-electron chi connectivity index (χ3n) is 3.15. The Morgan fingerprint density at radius 1 is 1.21 bits per heavy atom. The second-order valence-electron chi connectivity index (χ2n) is 4.16. The van der Waals surface area contributed by atoms with Crippen LogP contribution in [-0.4, -0.2) is 41.4 Å². The van der Waals surface area contributed by atoms with E-state index in [4.69, 9.17) is 0 Å². The molecule has 0 bridgehead atoms. The number of hydrogen-bond acceptors (Lipinski definition) is 2. The van der Waals surface area contributed by atoms with Gasteiger partial charge in [0.15, 0.2) is 0 Å². The molecule has 1 aliphatic heterocycles. The maximum atomic E-state index is 11.8. The average molecular weight is 196 g/mol. The molecule has 2 rings (SSSR count). The van der Waals surface area contributed by atoms with Crippen LogP contribution in [0.25, 0.3) is 0 Å². The van der Waals surface area contributed by atoms with Gasteiger partial charge in [-0.05, 0) is 12.8 Å². The van der Waals surface area contributed by atoms with Gasteiger partial charge in [-0.15, -0.1) is 0 Å². The fourth-order valence-corrected chi connectivity index (χ4v) is 2.29. The Bertz CT molecular complexity index is 259. The summed E-state index contributed by atoms with van der Waals surface area (Å²) >= 11 is 0. The molecule has 2 aliphatic rings. The maximum Gasteiger partial charge on any atom is 0.326 e. The largest absolute Gasteiger partial charge is 0.327 e. The first-order valence-electron chi connectivity index (χ1n) is 5.27. The Morgan fingerprint density at radius 2 is 1.86 bits per heavy atom. The molecule has 0 atom stereocenters. The number of nitrogens with zero attached hydrogens (tertiary/aromatic N) is 2. The van der Waals surface area contributed by atoms with E-state index >= 15 is 0 Å². The summed E-state index contributed by atoms with van der Waals surface area (Å²) in [7, 11) is 1.76. The molecule has 1 heterocycles. The summed E-state index contributed by atoms with van der Waals surface area (Å²) in [5, 5.41) is 0. The van der Waals surface area contributed by atoms with Crippen LogP contribution >= 0.6 is 0 Å². The lowest BCUT2D eigenvalue weighted by Gasteiger charge is -2.35. The Morgan fingerprint density at radius 3 is 2.50 bits per heavy atom. The van der Waals surface area contributed by atoms with Gasteiger partial charge in [0.2, 0.25) is 5.91 Å². The number of rotatable bonds is 1. The summed E-state index contributed by atoms with van der Waals surface area (Å²) in [4.78, 5) is 26.5. The lowest BCUT2D eigenvalue weighted by molar-refractivity contribution is -0.132. The molecule has 0 radical (unpaired) electrons. The van der Waals surface area contributed by atoms with E-state index in [9.17, 15) is 9.59 Å². The molecule has 1 saturated heterocycles. The van der Waals surface area contributed by atoms with E-state index < -0.39 is 0 Å². The molecule has 4 nitrogen and oxygen atoms in total. The molecule has 0 unspecified atom stereocenters. The van der Waals surface area contributed by atoms with Crippen molar-refractivity contribution in [1.82, 2.24) is 9.80 Å². The first-order chi connectivity index (χ1) is 6.70. The minimum absolute atomic E-state index is 0.0139. The Balaban J connectivity index is 2.12. The van der Waals surface area contributed by atoms with Crippen molar-refractivity contribution in [3.05, 3.63) is 0 Å². The number of carbonyl (C=O) groups excluding carboxylic acids is 2. The van der Waals surface area contributed by atoms with Gasteiger partial charge < -0.3 is 4.90 Å². The SMILES string of the molecule is CN1CCC(=O)N(C2CCCC2)C1=O. The van der Waals surface area contributed by atoms with Gasteiger partial charge in [0.25, 0.3) is 0 Å². The molecule has 3 amide bonds. The maximum absolute atomic E-state index is 11.8. The minimum atomic E-state index is -0.104. The van der Waals surface area contributed by atoms with Crippen LogP contribution in [0.15, 0.2) is 0 Å². The van der Waals surface area contributed by atoms with Gasteiger partial charge in [0.05, 0.1) is 0 Å². The molecule has 2 fully saturated rings. The van der Waals surface area contributed by atoms with Crippen molar-refractivity contribution in [2.75, 3.05) is 13.6 Å². The topological polar surface area (TPSA) is 40.6 Å². The van der Waals surface area contributed by atoms with Crippen molar-refractivity contribution in [3.63, 3.8) is 0 Å². The third-order valence-corrected chi connectivity index (χ3v) is 3.15. The molecule has 78 valence electrons. The summed E-state index contributed by atoms with van der Waals surface area (Å²) in [6.07, 6.45) is 4.76. The summed E-state index contributed by atoms with van der Waals surface area (Å²) in [6.45, 7) is 0.570. The zero-order valence-corrected chi connectivity index (χ0v) is 8.53. The van der Waals surface area contributed by atoms with E-state index in [1.807, 2.05) is 0 Å². The van der Waals surface area contributed by atoms with E-state index in [2.05, 4.69) is 0 Å². The normalized spacial score (nSPS) is 24.9. The molecular weight excluding hydrogens is 180 g/mol. The lowest BCUT2D eigenvalue weighted by atomic mass is 10.1. The van der Waals surface area contributed by atoms with Crippen molar-refractivity contribution in [2.45, 2.75) is 38.1 Å².